The van der Waals surface area contributed by atoms with Crippen molar-refractivity contribution in [2.75, 3.05) is 18.0 Å². The minimum atomic E-state index is -0.0696. The highest BCUT2D eigenvalue weighted by molar-refractivity contribution is 7.80. The van der Waals surface area contributed by atoms with Gasteiger partial charge in [-0.1, -0.05) is 12.2 Å². The smallest absolute Gasteiger partial charge is 0.293 e. The Labute approximate surface area is 106 Å². The fourth-order valence-electron chi connectivity index (χ4n) is 1.56. The zero-order valence-electron chi connectivity index (χ0n) is 10.2. The van der Waals surface area contributed by atoms with Crippen molar-refractivity contribution in [1.29, 1.82) is 0 Å². The second kappa shape index (κ2) is 6.34. The maximum Gasteiger partial charge on any atom is 0.293 e. The van der Waals surface area contributed by atoms with E-state index in [4.69, 9.17) is 18.0 Å². The number of rotatable bonds is 6. The van der Waals surface area contributed by atoms with E-state index in [1.165, 1.54) is 0 Å². The highest BCUT2D eigenvalue weighted by atomic mass is 32.1. The van der Waals surface area contributed by atoms with Gasteiger partial charge in [-0.25, -0.2) is 4.98 Å². The van der Waals surface area contributed by atoms with Crippen molar-refractivity contribution in [2.24, 2.45) is 5.73 Å². The molecule has 6 heteroatoms. The van der Waals surface area contributed by atoms with Crippen molar-refractivity contribution in [3.05, 3.63) is 22.7 Å². The molecule has 1 aromatic rings. The number of thiocarbonyl (C=S) groups is 1. The van der Waals surface area contributed by atoms with Crippen LogP contribution in [0.15, 0.2) is 17.2 Å². The Morgan fingerprint density at radius 3 is 2.82 bits per heavy atom. The van der Waals surface area contributed by atoms with E-state index < -0.39 is 0 Å². The first-order valence-corrected chi connectivity index (χ1v) is 6.09. The molecule has 1 rings (SSSR count). The maximum atomic E-state index is 12.0. The molecule has 0 bridgehead atoms. The lowest BCUT2D eigenvalue weighted by Gasteiger charge is -2.21. The van der Waals surface area contributed by atoms with Gasteiger partial charge in [0.05, 0.1) is 4.99 Å². The second-order valence-corrected chi connectivity index (χ2v) is 4.16. The molecule has 0 amide bonds. The summed E-state index contributed by atoms with van der Waals surface area (Å²) in [6.45, 7) is 5.88. The molecule has 0 aliphatic carbocycles. The van der Waals surface area contributed by atoms with Crippen molar-refractivity contribution in [2.45, 2.75) is 26.8 Å². The van der Waals surface area contributed by atoms with Gasteiger partial charge in [-0.3, -0.25) is 4.79 Å². The predicted molar refractivity (Wildman–Crippen MR) is 73.5 cm³/mol. The minimum absolute atomic E-state index is 0.0696. The lowest BCUT2D eigenvalue weighted by molar-refractivity contribution is 0.701. The standard InChI is InChI=1S/C11H18N4OS/c1-3-14(7-5-9(12)17)10-11(16)15(4-2)8-6-13-10/h6,8H,3-5,7H2,1-2H3,(H2,12,17). The van der Waals surface area contributed by atoms with Crippen molar-refractivity contribution in [3.8, 4) is 0 Å². The summed E-state index contributed by atoms with van der Waals surface area (Å²) in [5.74, 6) is 0.466. The van der Waals surface area contributed by atoms with E-state index in [0.29, 0.717) is 36.9 Å². The number of nitrogens with two attached hydrogens (primary N) is 1. The van der Waals surface area contributed by atoms with Crippen molar-refractivity contribution < 1.29 is 0 Å². The monoisotopic (exact) mass is 254 g/mol. The average molecular weight is 254 g/mol. The number of anilines is 1. The van der Waals surface area contributed by atoms with Gasteiger partial charge in [0.2, 0.25) is 0 Å². The summed E-state index contributed by atoms with van der Waals surface area (Å²) in [5, 5.41) is 0. The van der Waals surface area contributed by atoms with Crippen LogP contribution < -0.4 is 16.2 Å². The third-order valence-electron chi connectivity index (χ3n) is 2.55. The van der Waals surface area contributed by atoms with Crippen molar-refractivity contribution in [3.63, 3.8) is 0 Å². The lowest BCUT2D eigenvalue weighted by atomic mass is 10.3. The Bertz CT molecular complexity index is 443. The summed E-state index contributed by atoms with van der Waals surface area (Å²) in [4.78, 5) is 18.5. The van der Waals surface area contributed by atoms with Gasteiger partial charge in [0.15, 0.2) is 5.82 Å². The van der Waals surface area contributed by atoms with Crippen LogP contribution >= 0.6 is 12.2 Å². The van der Waals surface area contributed by atoms with Crippen LogP contribution in [0, 0.1) is 0 Å². The quantitative estimate of drug-likeness (QED) is 0.760. The van der Waals surface area contributed by atoms with Gasteiger partial charge in [-0.2, -0.15) is 0 Å². The number of hydrogen-bond donors (Lipinski definition) is 1. The molecule has 0 radical (unpaired) electrons. The first kappa shape index (κ1) is 13.6. The van der Waals surface area contributed by atoms with E-state index in [1.54, 1.807) is 17.0 Å². The van der Waals surface area contributed by atoms with E-state index in [9.17, 15) is 4.79 Å². The molecule has 0 aliphatic heterocycles. The van der Waals surface area contributed by atoms with Crippen LogP contribution in [0.25, 0.3) is 0 Å². The normalized spacial score (nSPS) is 10.2. The Balaban J connectivity index is 2.95. The molecule has 1 aromatic heterocycles. The van der Waals surface area contributed by atoms with Gasteiger partial charge in [-0.15, -0.1) is 0 Å². The fourth-order valence-corrected chi connectivity index (χ4v) is 1.65. The van der Waals surface area contributed by atoms with Gasteiger partial charge in [0, 0.05) is 38.4 Å². The van der Waals surface area contributed by atoms with E-state index in [2.05, 4.69) is 4.98 Å². The molecule has 0 unspecified atom stereocenters. The zero-order valence-corrected chi connectivity index (χ0v) is 11.0. The lowest BCUT2D eigenvalue weighted by Crippen LogP contribution is -2.35. The van der Waals surface area contributed by atoms with Crippen LogP contribution in [0.2, 0.25) is 0 Å². The van der Waals surface area contributed by atoms with Crippen LogP contribution in [0.1, 0.15) is 20.3 Å². The number of nitrogens with zero attached hydrogens (tertiary/aromatic N) is 3. The van der Waals surface area contributed by atoms with Crippen LogP contribution in [0.4, 0.5) is 5.82 Å². The van der Waals surface area contributed by atoms with Crippen LogP contribution in [-0.4, -0.2) is 27.6 Å². The summed E-state index contributed by atoms with van der Waals surface area (Å²) in [6, 6.07) is 0. The molecule has 0 saturated carbocycles. The Morgan fingerprint density at radius 2 is 2.29 bits per heavy atom. The highest BCUT2D eigenvalue weighted by Gasteiger charge is 2.11. The van der Waals surface area contributed by atoms with E-state index in [1.807, 2.05) is 18.7 Å². The highest BCUT2D eigenvalue weighted by Crippen LogP contribution is 2.04. The second-order valence-electron chi connectivity index (χ2n) is 3.64. The molecule has 5 nitrogen and oxygen atoms in total. The Hall–Kier alpha value is -1.43. The van der Waals surface area contributed by atoms with Gasteiger partial charge >= 0.3 is 0 Å². The summed E-state index contributed by atoms with van der Waals surface area (Å²) >= 11 is 4.84. The molecule has 2 N–H and O–H groups in total. The Morgan fingerprint density at radius 1 is 1.59 bits per heavy atom. The zero-order chi connectivity index (χ0) is 12.8. The van der Waals surface area contributed by atoms with E-state index >= 15 is 0 Å². The van der Waals surface area contributed by atoms with Gasteiger partial charge in [-0.05, 0) is 13.8 Å². The number of hydrogen-bond acceptors (Lipinski definition) is 4. The third kappa shape index (κ3) is 3.52. The van der Waals surface area contributed by atoms with Gasteiger partial charge < -0.3 is 15.2 Å². The number of aryl methyl sites for hydroxylation is 1. The molecule has 0 saturated heterocycles. The summed E-state index contributed by atoms with van der Waals surface area (Å²) in [5.41, 5.74) is 5.40. The largest absolute Gasteiger partial charge is 0.393 e. The molecule has 0 fully saturated rings. The van der Waals surface area contributed by atoms with Crippen LogP contribution in [-0.2, 0) is 6.54 Å². The third-order valence-corrected chi connectivity index (χ3v) is 2.75. The molecule has 0 aliphatic rings. The number of aromatic nitrogens is 2. The van der Waals surface area contributed by atoms with Crippen LogP contribution in [0.3, 0.4) is 0 Å². The molecular formula is C11H18N4OS. The summed E-state index contributed by atoms with van der Waals surface area (Å²) in [6.07, 6.45) is 3.92. The average Bonchev–Trinajstić information content (AvgIpc) is 2.31. The van der Waals surface area contributed by atoms with Gasteiger partial charge in [0.25, 0.3) is 5.56 Å². The molecular weight excluding hydrogens is 236 g/mol. The summed E-state index contributed by atoms with van der Waals surface area (Å²) in [7, 11) is 0. The van der Waals surface area contributed by atoms with E-state index in [0.717, 1.165) is 0 Å². The van der Waals surface area contributed by atoms with Crippen molar-refractivity contribution in [1.82, 2.24) is 9.55 Å². The van der Waals surface area contributed by atoms with Gasteiger partial charge in [0.1, 0.15) is 0 Å². The maximum absolute atomic E-state index is 12.0. The first-order valence-electron chi connectivity index (χ1n) is 5.68. The van der Waals surface area contributed by atoms with E-state index in [-0.39, 0.29) is 5.56 Å². The molecule has 0 aromatic carbocycles. The van der Waals surface area contributed by atoms with Crippen LogP contribution in [0.5, 0.6) is 0 Å². The molecule has 1 heterocycles. The Kier molecular flexibility index (Phi) is 5.09. The predicted octanol–water partition coefficient (Wildman–Crippen LogP) is 0.766. The minimum Gasteiger partial charge on any atom is -0.393 e. The fraction of sp³-hybridized carbons (Fsp3) is 0.545. The topological polar surface area (TPSA) is 64.2 Å². The molecule has 0 atom stereocenters. The molecule has 94 valence electrons. The van der Waals surface area contributed by atoms with Crippen molar-refractivity contribution >= 4 is 23.0 Å². The SMILES string of the molecule is CCN(CCC(N)=S)c1nccn(CC)c1=O. The first-order chi connectivity index (χ1) is 8.10. The molecule has 17 heavy (non-hydrogen) atoms. The summed E-state index contributed by atoms with van der Waals surface area (Å²) < 4.78 is 1.63. The molecule has 0 spiro atoms.